The molecule has 160 valence electrons. The Hall–Kier alpha value is -2.92. The maximum Gasteiger partial charge on any atom is 0.534 e. The zero-order valence-electron chi connectivity index (χ0n) is 15.4. The predicted octanol–water partition coefficient (Wildman–Crippen LogP) is 3.89. The van der Waals surface area contributed by atoms with E-state index in [0.29, 0.717) is 5.75 Å². The third-order valence-electron chi connectivity index (χ3n) is 4.06. The van der Waals surface area contributed by atoms with Gasteiger partial charge in [-0.2, -0.15) is 21.6 Å². The molecule has 30 heavy (non-hydrogen) atoms. The summed E-state index contributed by atoms with van der Waals surface area (Å²) < 4.78 is 76.8. The van der Waals surface area contributed by atoms with Crippen LogP contribution in [0.1, 0.15) is 0 Å². The lowest BCUT2D eigenvalue weighted by Gasteiger charge is -2.15. The number of hydrogen-bond donors (Lipinski definition) is 0. The van der Waals surface area contributed by atoms with E-state index in [9.17, 15) is 26.4 Å². The largest absolute Gasteiger partial charge is 0.534 e. The van der Waals surface area contributed by atoms with Crippen LogP contribution in [0.2, 0.25) is 5.15 Å². The molecule has 2 aromatic carbocycles. The normalized spacial score (nSPS) is 12.1. The highest BCUT2D eigenvalue weighted by Gasteiger charge is 2.49. The van der Waals surface area contributed by atoms with Crippen molar-refractivity contribution in [3.05, 3.63) is 58.0 Å². The Labute approximate surface area is 173 Å². The standard InChI is InChI=1S/C18H13ClF3NO6S/c1-27-12-5-3-11(4-6-12)23-15(19)8-10-7-13(28-2)9-14(16(10)17(23)24)29-30(25,26)18(20,21)22/h3-9H,1-2H3. The molecule has 0 radical (unpaired) electrons. The average molecular weight is 464 g/mol. The minimum atomic E-state index is -6.03. The van der Waals surface area contributed by atoms with Crippen molar-refractivity contribution in [3.8, 4) is 22.9 Å². The summed E-state index contributed by atoms with van der Waals surface area (Å²) in [5, 5.41) is -0.471. The van der Waals surface area contributed by atoms with Crippen LogP contribution in [0.4, 0.5) is 13.2 Å². The Balaban J connectivity index is 2.32. The molecule has 0 atom stereocenters. The molecule has 0 aliphatic rings. The van der Waals surface area contributed by atoms with Gasteiger partial charge in [0, 0.05) is 6.07 Å². The van der Waals surface area contributed by atoms with E-state index in [1.54, 1.807) is 12.1 Å². The van der Waals surface area contributed by atoms with Gasteiger partial charge in [-0.05, 0) is 41.8 Å². The van der Waals surface area contributed by atoms with Gasteiger partial charge in [0.25, 0.3) is 5.56 Å². The van der Waals surface area contributed by atoms with Crippen LogP contribution in [0, 0.1) is 0 Å². The van der Waals surface area contributed by atoms with Crippen LogP contribution in [0.25, 0.3) is 16.5 Å². The summed E-state index contributed by atoms with van der Waals surface area (Å²) in [5.74, 6) is -0.383. The van der Waals surface area contributed by atoms with E-state index in [1.165, 1.54) is 38.5 Å². The third-order valence-corrected chi connectivity index (χ3v) is 5.30. The Morgan fingerprint density at radius 2 is 1.57 bits per heavy atom. The number of pyridine rings is 1. The molecule has 0 bridgehead atoms. The molecule has 0 saturated carbocycles. The first-order valence-corrected chi connectivity index (χ1v) is 9.85. The highest BCUT2D eigenvalue weighted by molar-refractivity contribution is 7.88. The number of ether oxygens (including phenoxy) is 2. The van der Waals surface area contributed by atoms with Crippen molar-refractivity contribution in [1.29, 1.82) is 0 Å². The van der Waals surface area contributed by atoms with E-state index < -0.39 is 32.3 Å². The van der Waals surface area contributed by atoms with Gasteiger partial charge in [0.2, 0.25) is 0 Å². The molecule has 0 unspecified atom stereocenters. The Bertz CT molecular complexity index is 1270. The molecule has 1 aromatic heterocycles. The quantitative estimate of drug-likeness (QED) is 0.324. The van der Waals surface area contributed by atoms with Gasteiger partial charge in [0.05, 0.1) is 25.3 Å². The fourth-order valence-electron chi connectivity index (χ4n) is 2.68. The SMILES string of the molecule is COc1ccc(-n2c(Cl)cc3cc(OC)cc(OS(=O)(=O)C(F)(F)F)c3c2=O)cc1. The second-order valence-corrected chi connectivity index (χ2v) is 7.80. The first-order chi connectivity index (χ1) is 14.0. The van der Waals surface area contributed by atoms with Crippen molar-refractivity contribution in [1.82, 2.24) is 4.57 Å². The van der Waals surface area contributed by atoms with Gasteiger partial charge in [-0.25, -0.2) is 0 Å². The van der Waals surface area contributed by atoms with Crippen LogP contribution < -0.4 is 19.2 Å². The lowest BCUT2D eigenvalue weighted by Crippen LogP contribution is -2.29. The van der Waals surface area contributed by atoms with Crippen molar-refractivity contribution in [2.45, 2.75) is 5.51 Å². The summed E-state index contributed by atoms with van der Waals surface area (Å²) in [6.07, 6.45) is 0. The molecule has 0 aliphatic heterocycles. The van der Waals surface area contributed by atoms with Crippen LogP contribution in [0.15, 0.2) is 47.3 Å². The van der Waals surface area contributed by atoms with Crippen molar-refractivity contribution >= 4 is 32.5 Å². The number of nitrogens with zero attached hydrogens (tertiary/aromatic N) is 1. The zero-order chi connectivity index (χ0) is 22.3. The van der Waals surface area contributed by atoms with Gasteiger partial charge in [0.1, 0.15) is 16.7 Å². The average Bonchev–Trinajstić information content (AvgIpc) is 2.66. The monoisotopic (exact) mass is 463 g/mol. The molecule has 0 spiro atoms. The van der Waals surface area contributed by atoms with Crippen molar-refractivity contribution < 1.29 is 35.2 Å². The second-order valence-electron chi connectivity index (χ2n) is 5.88. The molecule has 3 aromatic rings. The first-order valence-electron chi connectivity index (χ1n) is 8.07. The summed E-state index contributed by atoms with van der Waals surface area (Å²) in [4.78, 5) is 13.1. The molecule has 0 fully saturated rings. The summed E-state index contributed by atoms with van der Waals surface area (Å²) in [5.41, 5.74) is -6.31. The Morgan fingerprint density at radius 3 is 2.10 bits per heavy atom. The lowest BCUT2D eigenvalue weighted by molar-refractivity contribution is -0.0499. The second kappa shape index (κ2) is 7.73. The van der Waals surface area contributed by atoms with E-state index in [4.69, 9.17) is 21.1 Å². The highest BCUT2D eigenvalue weighted by Crippen LogP contribution is 2.35. The van der Waals surface area contributed by atoms with Gasteiger partial charge in [-0.15, -0.1) is 0 Å². The summed E-state index contributed by atoms with van der Waals surface area (Å²) in [7, 11) is -3.38. The van der Waals surface area contributed by atoms with Crippen LogP contribution in [-0.4, -0.2) is 32.7 Å². The third kappa shape index (κ3) is 3.90. The van der Waals surface area contributed by atoms with E-state index >= 15 is 0 Å². The molecular formula is C18H13ClF3NO6S. The van der Waals surface area contributed by atoms with Gasteiger partial charge >= 0.3 is 15.6 Å². The summed E-state index contributed by atoms with van der Waals surface area (Å²) >= 11 is 6.22. The lowest BCUT2D eigenvalue weighted by atomic mass is 10.1. The number of aromatic nitrogens is 1. The highest BCUT2D eigenvalue weighted by atomic mass is 35.5. The van der Waals surface area contributed by atoms with Crippen LogP contribution >= 0.6 is 11.6 Å². The molecule has 0 amide bonds. The van der Waals surface area contributed by atoms with Crippen LogP contribution in [-0.2, 0) is 10.1 Å². The van der Waals surface area contributed by atoms with Crippen molar-refractivity contribution in [2.24, 2.45) is 0 Å². The maximum absolute atomic E-state index is 13.1. The molecule has 7 nitrogen and oxygen atoms in total. The summed E-state index contributed by atoms with van der Waals surface area (Å²) in [6.45, 7) is 0. The number of rotatable bonds is 5. The number of methoxy groups -OCH3 is 2. The topological polar surface area (TPSA) is 83.8 Å². The smallest absolute Gasteiger partial charge is 0.497 e. The first kappa shape index (κ1) is 21.8. The van der Waals surface area contributed by atoms with Gasteiger partial charge in [-0.3, -0.25) is 9.36 Å². The molecule has 1 heterocycles. The number of fused-ring (bicyclic) bond motifs is 1. The molecule has 0 aliphatic carbocycles. The van der Waals surface area contributed by atoms with Gasteiger partial charge < -0.3 is 13.7 Å². The molecule has 12 heteroatoms. The van der Waals surface area contributed by atoms with Crippen molar-refractivity contribution in [2.75, 3.05) is 14.2 Å². The maximum atomic E-state index is 13.1. The van der Waals surface area contributed by atoms with Crippen molar-refractivity contribution in [3.63, 3.8) is 0 Å². The number of alkyl halides is 3. The molecule has 0 saturated heterocycles. The molecule has 0 N–H and O–H groups in total. The van der Waals surface area contributed by atoms with Gasteiger partial charge in [0.15, 0.2) is 5.75 Å². The van der Waals surface area contributed by atoms with Crippen LogP contribution in [0.5, 0.6) is 17.2 Å². The predicted molar refractivity (Wildman–Crippen MR) is 103 cm³/mol. The van der Waals surface area contributed by atoms with E-state index in [1.807, 2.05) is 0 Å². The summed E-state index contributed by atoms with van der Waals surface area (Å²) in [6, 6.07) is 9.54. The van der Waals surface area contributed by atoms with Gasteiger partial charge in [-0.1, -0.05) is 11.6 Å². The zero-order valence-corrected chi connectivity index (χ0v) is 16.9. The fourth-order valence-corrected chi connectivity index (χ4v) is 3.43. The number of benzene rings is 2. The Morgan fingerprint density at radius 1 is 0.967 bits per heavy atom. The molecule has 3 rings (SSSR count). The van der Waals surface area contributed by atoms with E-state index in [0.717, 1.165) is 10.6 Å². The Kier molecular flexibility index (Phi) is 5.61. The minimum absolute atomic E-state index is 0.0292. The fraction of sp³-hybridized carbons (Fsp3) is 0.167. The van der Waals surface area contributed by atoms with E-state index in [-0.39, 0.29) is 22.0 Å². The molecular weight excluding hydrogens is 451 g/mol. The van der Waals surface area contributed by atoms with Crippen LogP contribution in [0.3, 0.4) is 0 Å². The van der Waals surface area contributed by atoms with E-state index in [2.05, 4.69) is 4.18 Å². The minimum Gasteiger partial charge on any atom is -0.497 e. The number of hydrogen-bond acceptors (Lipinski definition) is 6. The number of halogens is 4.